The monoisotopic (exact) mass is 268 g/mol. The first-order chi connectivity index (χ1) is 9.65. The molecule has 0 spiro atoms. The minimum Gasteiger partial charge on any atom is -0.271 e. The third kappa shape index (κ3) is 3.27. The van der Waals surface area contributed by atoms with Gasteiger partial charge in [-0.2, -0.15) is 0 Å². The van der Waals surface area contributed by atoms with E-state index < -0.39 is 0 Å². The number of aryl methyl sites for hydroxylation is 3. The average Bonchev–Trinajstić information content (AvgIpc) is 2.44. The lowest BCUT2D eigenvalue weighted by molar-refractivity contribution is 0.632. The van der Waals surface area contributed by atoms with Crippen LogP contribution in [0.5, 0.6) is 0 Å². The lowest BCUT2D eigenvalue weighted by atomic mass is 9.92. The van der Waals surface area contributed by atoms with E-state index in [9.17, 15) is 0 Å². The molecule has 106 valence electrons. The Labute approximate surface area is 122 Å². The van der Waals surface area contributed by atoms with Gasteiger partial charge in [-0.25, -0.2) is 5.43 Å². The highest BCUT2D eigenvalue weighted by atomic mass is 15.2. The number of nitrogens with one attached hydrogen (secondary N) is 1. The fraction of sp³-hybridized carbons (Fsp3) is 0.333. The zero-order chi connectivity index (χ0) is 14.5. The van der Waals surface area contributed by atoms with E-state index in [1.807, 2.05) is 0 Å². The van der Waals surface area contributed by atoms with E-state index >= 15 is 0 Å². The first-order valence-corrected chi connectivity index (χ1v) is 7.27. The van der Waals surface area contributed by atoms with Crippen LogP contribution >= 0.6 is 0 Å². The van der Waals surface area contributed by atoms with Crippen molar-refractivity contribution in [2.45, 2.75) is 39.7 Å². The van der Waals surface area contributed by atoms with Crippen molar-refractivity contribution in [1.29, 1.82) is 0 Å². The van der Waals surface area contributed by atoms with Crippen LogP contribution in [0, 0.1) is 13.8 Å². The predicted octanol–water partition coefficient (Wildman–Crippen LogP) is 3.81. The fourth-order valence-corrected chi connectivity index (χ4v) is 2.65. The minimum absolute atomic E-state index is 0.0479. The second-order valence-corrected chi connectivity index (χ2v) is 5.45. The van der Waals surface area contributed by atoms with Gasteiger partial charge in [0.2, 0.25) is 0 Å². The zero-order valence-electron chi connectivity index (χ0n) is 12.6. The van der Waals surface area contributed by atoms with Crippen LogP contribution in [0.1, 0.15) is 47.2 Å². The molecule has 0 aliphatic heterocycles. The topological polar surface area (TPSA) is 38.0 Å². The molecule has 3 N–H and O–H groups in total. The smallest absolute Gasteiger partial charge is 0.0712 e. The standard InChI is InChI=1S/C18H24N2/c1-4-6-15-7-5-8-16(12-15)18(20-19)17-11-13(2)9-10-14(17)3/h5,7-12,18,20H,4,6,19H2,1-3H3. The quantitative estimate of drug-likeness (QED) is 0.639. The van der Waals surface area contributed by atoms with Gasteiger partial charge in [0.1, 0.15) is 0 Å². The summed E-state index contributed by atoms with van der Waals surface area (Å²) in [5, 5.41) is 0. The molecule has 2 aromatic carbocycles. The number of hydrazine groups is 1. The summed E-state index contributed by atoms with van der Waals surface area (Å²) >= 11 is 0. The molecule has 0 fully saturated rings. The third-order valence-corrected chi connectivity index (χ3v) is 3.74. The molecule has 0 heterocycles. The van der Waals surface area contributed by atoms with Crippen molar-refractivity contribution in [2.75, 3.05) is 0 Å². The Bertz CT molecular complexity index is 575. The maximum atomic E-state index is 5.83. The molecule has 1 unspecified atom stereocenters. The number of hydrogen-bond acceptors (Lipinski definition) is 2. The maximum absolute atomic E-state index is 5.83. The molecule has 20 heavy (non-hydrogen) atoms. The van der Waals surface area contributed by atoms with Crippen LogP contribution < -0.4 is 11.3 Å². The summed E-state index contributed by atoms with van der Waals surface area (Å²) in [5.41, 5.74) is 9.35. The predicted molar refractivity (Wildman–Crippen MR) is 85.5 cm³/mol. The van der Waals surface area contributed by atoms with Crippen LogP contribution in [0.2, 0.25) is 0 Å². The molecule has 0 bridgehead atoms. The van der Waals surface area contributed by atoms with E-state index in [1.54, 1.807) is 0 Å². The van der Waals surface area contributed by atoms with E-state index in [0.29, 0.717) is 0 Å². The highest BCUT2D eigenvalue weighted by Crippen LogP contribution is 2.26. The van der Waals surface area contributed by atoms with Crippen molar-refractivity contribution >= 4 is 0 Å². The first kappa shape index (κ1) is 14.8. The average molecular weight is 268 g/mol. The van der Waals surface area contributed by atoms with Crippen LogP contribution in [-0.4, -0.2) is 0 Å². The molecule has 2 rings (SSSR count). The Morgan fingerprint density at radius 3 is 2.60 bits per heavy atom. The van der Waals surface area contributed by atoms with Crippen LogP contribution in [-0.2, 0) is 6.42 Å². The van der Waals surface area contributed by atoms with Gasteiger partial charge in [0.25, 0.3) is 0 Å². The van der Waals surface area contributed by atoms with Gasteiger partial charge < -0.3 is 0 Å². The van der Waals surface area contributed by atoms with Crippen molar-refractivity contribution < 1.29 is 0 Å². The zero-order valence-corrected chi connectivity index (χ0v) is 12.6. The molecule has 0 radical (unpaired) electrons. The summed E-state index contributed by atoms with van der Waals surface area (Å²) in [4.78, 5) is 0. The van der Waals surface area contributed by atoms with Gasteiger partial charge in [0.15, 0.2) is 0 Å². The van der Waals surface area contributed by atoms with Crippen LogP contribution in [0.3, 0.4) is 0 Å². The lowest BCUT2D eigenvalue weighted by Crippen LogP contribution is -2.29. The fourth-order valence-electron chi connectivity index (χ4n) is 2.65. The molecule has 0 saturated carbocycles. The van der Waals surface area contributed by atoms with Gasteiger partial charge in [-0.15, -0.1) is 0 Å². The Morgan fingerprint density at radius 1 is 1.10 bits per heavy atom. The summed E-state index contributed by atoms with van der Waals surface area (Å²) in [6.45, 7) is 6.45. The number of hydrogen-bond donors (Lipinski definition) is 2. The van der Waals surface area contributed by atoms with E-state index in [0.717, 1.165) is 12.8 Å². The summed E-state index contributed by atoms with van der Waals surface area (Å²) in [6, 6.07) is 15.3. The number of benzene rings is 2. The van der Waals surface area contributed by atoms with Crippen molar-refractivity contribution in [3.8, 4) is 0 Å². The Kier molecular flexibility index (Phi) is 4.94. The SMILES string of the molecule is CCCc1cccc(C(NN)c2cc(C)ccc2C)c1. The van der Waals surface area contributed by atoms with Gasteiger partial charge in [-0.1, -0.05) is 61.4 Å². The summed E-state index contributed by atoms with van der Waals surface area (Å²) in [7, 11) is 0. The Hall–Kier alpha value is -1.64. The normalized spacial score (nSPS) is 12.4. The molecule has 0 saturated heterocycles. The van der Waals surface area contributed by atoms with Crippen molar-refractivity contribution in [1.82, 2.24) is 5.43 Å². The molecular weight excluding hydrogens is 244 g/mol. The second kappa shape index (κ2) is 6.69. The molecule has 0 amide bonds. The van der Waals surface area contributed by atoms with Crippen LogP contribution in [0.25, 0.3) is 0 Å². The molecule has 0 aliphatic carbocycles. The molecule has 2 nitrogen and oxygen atoms in total. The van der Waals surface area contributed by atoms with Crippen molar-refractivity contribution in [3.05, 3.63) is 70.3 Å². The van der Waals surface area contributed by atoms with Gasteiger partial charge in [0.05, 0.1) is 6.04 Å². The summed E-state index contributed by atoms with van der Waals surface area (Å²) in [5.74, 6) is 5.83. The van der Waals surface area contributed by atoms with E-state index in [-0.39, 0.29) is 6.04 Å². The van der Waals surface area contributed by atoms with E-state index in [1.165, 1.54) is 27.8 Å². The largest absolute Gasteiger partial charge is 0.271 e. The molecule has 0 aromatic heterocycles. The Balaban J connectivity index is 2.41. The highest BCUT2D eigenvalue weighted by Gasteiger charge is 2.15. The summed E-state index contributed by atoms with van der Waals surface area (Å²) < 4.78 is 0. The lowest BCUT2D eigenvalue weighted by Gasteiger charge is -2.20. The van der Waals surface area contributed by atoms with Crippen molar-refractivity contribution in [3.63, 3.8) is 0 Å². The van der Waals surface area contributed by atoms with E-state index in [2.05, 4.69) is 68.7 Å². The first-order valence-electron chi connectivity index (χ1n) is 7.27. The van der Waals surface area contributed by atoms with Crippen LogP contribution in [0.15, 0.2) is 42.5 Å². The minimum atomic E-state index is 0.0479. The highest BCUT2D eigenvalue weighted by molar-refractivity contribution is 5.40. The maximum Gasteiger partial charge on any atom is 0.0712 e. The Morgan fingerprint density at radius 2 is 1.90 bits per heavy atom. The molecule has 2 heteroatoms. The molecule has 2 aromatic rings. The molecule has 1 atom stereocenters. The number of nitrogens with two attached hydrogens (primary N) is 1. The van der Waals surface area contributed by atoms with Gasteiger partial charge in [-0.3, -0.25) is 5.84 Å². The number of rotatable bonds is 5. The molecule has 0 aliphatic rings. The van der Waals surface area contributed by atoms with Crippen LogP contribution in [0.4, 0.5) is 0 Å². The van der Waals surface area contributed by atoms with E-state index in [4.69, 9.17) is 5.84 Å². The van der Waals surface area contributed by atoms with Gasteiger partial charge in [-0.05, 0) is 42.5 Å². The molecular formula is C18H24N2. The second-order valence-electron chi connectivity index (χ2n) is 5.45. The van der Waals surface area contributed by atoms with Gasteiger partial charge in [0, 0.05) is 0 Å². The third-order valence-electron chi connectivity index (χ3n) is 3.74. The van der Waals surface area contributed by atoms with Crippen molar-refractivity contribution in [2.24, 2.45) is 5.84 Å². The summed E-state index contributed by atoms with van der Waals surface area (Å²) in [6.07, 6.45) is 2.27. The van der Waals surface area contributed by atoms with Gasteiger partial charge >= 0.3 is 0 Å².